The Morgan fingerprint density at radius 3 is 2.38 bits per heavy atom. The van der Waals surface area contributed by atoms with Gasteiger partial charge < -0.3 is 4.74 Å². The van der Waals surface area contributed by atoms with Gasteiger partial charge in [-0.3, -0.25) is 0 Å². The summed E-state index contributed by atoms with van der Waals surface area (Å²) in [5.41, 5.74) is 0.0737. The van der Waals surface area contributed by atoms with Crippen LogP contribution in [0.4, 0.5) is 0 Å². The highest BCUT2D eigenvalue weighted by molar-refractivity contribution is 9.10. The minimum atomic E-state index is -3.72. The van der Waals surface area contributed by atoms with E-state index in [1.165, 1.54) is 50.5 Å². The maximum Gasteiger partial charge on any atom is 0.343 e. The van der Waals surface area contributed by atoms with Crippen LogP contribution < -0.4 is 4.74 Å². The van der Waals surface area contributed by atoms with Crippen LogP contribution in [0.1, 0.15) is 10.4 Å². The van der Waals surface area contributed by atoms with Gasteiger partial charge in [-0.25, -0.2) is 17.5 Å². The minimum absolute atomic E-state index is 0.0378. The lowest BCUT2D eigenvalue weighted by molar-refractivity contribution is 0.0734. The van der Waals surface area contributed by atoms with Crippen LogP contribution in [-0.2, 0) is 10.0 Å². The molecule has 0 amide bonds. The van der Waals surface area contributed by atoms with Crippen LogP contribution in [0.2, 0.25) is 10.0 Å². The molecule has 0 spiro atoms. The van der Waals surface area contributed by atoms with Crippen LogP contribution in [0.25, 0.3) is 0 Å². The van der Waals surface area contributed by atoms with E-state index in [0.717, 1.165) is 4.31 Å². The summed E-state index contributed by atoms with van der Waals surface area (Å²) in [6.07, 6.45) is 0. The third-order valence-corrected chi connectivity index (χ3v) is 6.36. The fraction of sp³-hybridized carbons (Fsp3) is 0.133. The van der Waals surface area contributed by atoms with Gasteiger partial charge in [0.2, 0.25) is 10.0 Å². The smallest absolute Gasteiger partial charge is 0.343 e. The average molecular weight is 453 g/mol. The van der Waals surface area contributed by atoms with E-state index in [4.69, 9.17) is 27.9 Å². The standard InChI is InChI=1S/C15H12BrCl2NO4S/c1-19(2)24(21,22)14-7-9(3-5-11(14)16)15(20)23-13-6-4-10(17)8-12(13)18/h3-8H,1-2H3. The third-order valence-electron chi connectivity index (χ3n) is 3.02. The van der Waals surface area contributed by atoms with E-state index in [2.05, 4.69) is 15.9 Å². The molecule has 24 heavy (non-hydrogen) atoms. The van der Waals surface area contributed by atoms with E-state index in [1.54, 1.807) is 0 Å². The highest BCUT2D eigenvalue weighted by atomic mass is 79.9. The predicted octanol–water partition coefficient (Wildman–Crippen LogP) is 4.23. The summed E-state index contributed by atoms with van der Waals surface area (Å²) in [6.45, 7) is 0. The molecule has 0 aliphatic carbocycles. The van der Waals surface area contributed by atoms with Crippen molar-refractivity contribution >= 4 is 55.1 Å². The lowest BCUT2D eigenvalue weighted by Crippen LogP contribution is -2.23. The number of ether oxygens (including phenoxy) is 1. The molecule has 128 valence electrons. The van der Waals surface area contributed by atoms with Crippen LogP contribution in [0.5, 0.6) is 5.75 Å². The predicted molar refractivity (Wildman–Crippen MR) is 96.4 cm³/mol. The number of hydrogen-bond donors (Lipinski definition) is 0. The SMILES string of the molecule is CN(C)S(=O)(=O)c1cc(C(=O)Oc2ccc(Cl)cc2Cl)ccc1Br. The molecule has 0 atom stereocenters. The van der Waals surface area contributed by atoms with Crippen molar-refractivity contribution in [2.24, 2.45) is 0 Å². The van der Waals surface area contributed by atoms with Crippen molar-refractivity contribution in [1.29, 1.82) is 0 Å². The summed E-state index contributed by atoms with van der Waals surface area (Å²) in [5.74, 6) is -0.604. The van der Waals surface area contributed by atoms with Crippen molar-refractivity contribution in [2.75, 3.05) is 14.1 Å². The zero-order chi connectivity index (χ0) is 18.1. The molecule has 0 aromatic heterocycles. The second kappa shape index (κ2) is 7.41. The number of nitrogens with zero attached hydrogens (tertiary/aromatic N) is 1. The highest BCUT2D eigenvalue weighted by Gasteiger charge is 2.23. The minimum Gasteiger partial charge on any atom is -0.421 e. The molecule has 0 saturated heterocycles. The molecule has 0 saturated carbocycles. The number of rotatable bonds is 4. The Morgan fingerprint density at radius 2 is 1.79 bits per heavy atom. The van der Waals surface area contributed by atoms with Crippen LogP contribution in [0.3, 0.4) is 0 Å². The summed E-state index contributed by atoms with van der Waals surface area (Å²) >= 11 is 14.9. The Morgan fingerprint density at radius 1 is 1.12 bits per heavy atom. The van der Waals surface area contributed by atoms with Crippen molar-refractivity contribution in [2.45, 2.75) is 4.90 Å². The van der Waals surface area contributed by atoms with Crippen molar-refractivity contribution in [3.05, 3.63) is 56.5 Å². The molecule has 0 aliphatic rings. The number of esters is 1. The number of sulfonamides is 1. The van der Waals surface area contributed by atoms with Crippen LogP contribution in [0.15, 0.2) is 45.8 Å². The Labute approximate surface area is 158 Å². The van der Waals surface area contributed by atoms with Crippen LogP contribution >= 0.6 is 39.1 Å². The number of carbonyl (C=O) groups excluding carboxylic acids is 1. The molecule has 2 aromatic rings. The highest BCUT2D eigenvalue weighted by Crippen LogP contribution is 2.29. The number of hydrogen-bond acceptors (Lipinski definition) is 4. The molecular weight excluding hydrogens is 441 g/mol. The lowest BCUT2D eigenvalue weighted by Gasteiger charge is -2.14. The van der Waals surface area contributed by atoms with Gasteiger partial charge in [0.15, 0.2) is 0 Å². The molecule has 0 radical (unpaired) electrons. The van der Waals surface area contributed by atoms with E-state index < -0.39 is 16.0 Å². The summed E-state index contributed by atoms with van der Waals surface area (Å²) in [5, 5.41) is 0.580. The first-order chi connectivity index (χ1) is 11.1. The monoisotopic (exact) mass is 451 g/mol. The molecule has 0 bridgehead atoms. The number of halogens is 3. The van der Waals surface area contributed by atoms with Gasteiger partial charge in [0.05, 0.1) is 15.5 Å². The van der Waals surface area contributed by atoms with E-state index in [-0.39, 0.29) is 21.2 Å². The normalized spacial score (nSPS) is 11.6. The zero-order valence-electron chi connectivity index (χ0n) is 12.6. The van der Waals surface area contributed by atoms with E-state index in [1.807, 2.05) is 0 Å². The lowest BCUT2D eigenvalue weighted by atomic mass is 10.2. The van der Waals surface area contributed by atoms with E-state index in [0.29, 0.717) is 9.50 Å². The Balaban J connectivity index is 2.37. The van der Waals surface area contributed by atoms with Gasteiger partial charge in [-0.15, -0.1) is 0 Å². The van der Waals surface area contributed by atoms with Crippen LogP contribution in [0, 0.1) is 0 Å². The second-order valence-electron chi connectivity index (χ2n) is 4.90. The molecule has 9 heteroatoms. The largest absolute Gasteiger partial charge is 0.421 e. The summed E-state index contributed by atoms with van der Waals surface area (Å²) < 4.78 is 31.2. The summed E-state index contributed by atoms with van der Waals surface area (Å²) in [4.78, 5) is 12.2. The molecule has 0 fully saturated rings. The Bertz CT molecular complexity index is 900. The Kier molecular flexibility index (Phi) is 5.93. The average Bonchev–Trinajstić information content (AvgIpc) is 2.50. The fourth-order valence-electron chi connectivity index (χ4n) is 1.74. The first kappa shape index (κ1) is 19.2. The molecule has 2 rings (SSSR count). The maximum absolute atomic E-state index is 12.3. The van der Waals surface area contributed by atoms with Gasteiger partial charge in [0, 0.05) is 23.6 Å². The van der Waals surface area contributed by atoms with Crippen molar-refractivity contribution in [3.8, 4) is 5.75 Å². The maximum atomic E-state index is 12.3. The number of benzene rings is 2. The zero-order valence-corrected chi connectivity index (χ0v) is 16.5. The van der Waals surface area contributed by atoms with Gasteiger partial charge in [0.1, 0.15) is 5.75 Å². The van der Waals surface area contributed by atoms with Crippen molar-refractivity contribution in [3.63, 3.8) is 0 Å². The molecular formula is C15H12BrCl2NO4S. The molecule has 0 N–H and O–H groups in total. The van der Waals surface area contributed by atoms with Gasteiger partial charge in [-0.2, -0.15) is 0 Å². The summed E-state index contributed by atoms with van der Waals surface area (Å²) in [6, 6.07) is 8.58. The molecule has 0 unspecified atom stereocenters. The molecule has 2 aromatic carbocycles. The van der Waals surface area contributed by atoms with Crippen LogP contribution in [-0.4, -0.2) is 32.8 Å². The van der Waals surface area contributed by atoms with Gasteiger partial charge in [-0.1, -0.05) is 23.2 Å². The fourth-order valence-corrected chi connectivity index (χ4v) is 4.03. The summed E-state index contributed by atoms with van der Waals surface area (Å²) in [7, 11) is -0.909. The van der Waals surface area contributed by atoms with Gasteiger partial charge in [-0.05, 0) is 52.3 Å². The van der Waals surface area contributed by atoms with E-state index >= 15 is 0 Å². The van der Waals surface area contributed by atoms with Crippen molar-refractivity contribution < 1.29 is 17.9 Å². The topological polar surface area (TPSA) is 63.7 Å². The Hall–Kier alpha value is -1.12. The van der Waals surface area contributed by atoms with E-state index in [9.17, 15) is 13.2 Å². The first-order valence-corrected chi connectivity index (χ1v) is 9.51. The van der Waals surface area contributed by atoms with Crippen molar-refractivity contribution in [1.82, 2.24) is 4.31 Å². The third kappa shape index (κ3) is 4.10. The molecule has 0 heterocycles. The van der Waals surface area contributed by atoms with Gasteiger partial charge >= 0.3 is 5.97 Å². The number of carbonyl (C=O) groups is 1. The molecule has 0 aliphatic heterocycles. The van der Waals surface area contributed by atoms with Gasteiger partial charge in [0.25, 0.3) is 0 Å². The quantitative estimate of drug-likeness (QED) is 0.514. The first-order valence-electron chi connectivity index (χ1n) is 6.52. The second-order valence-corrected chi connectivity index (χ2v) is 8.72. The molecule has 5 nitrogen and oxygen atoms in total.